The molecule has 3 saturated carbocycles. The first-order valence-electron chi connectivity index (χ1n) is 13.9. The first kappa shape index (κ1) is 31.4. The van der Waals surface area contributed by atoms with Crippen molar-refractivity contribution in [2.45, 2.75) is 70.8 Å². The Morgan fingerprint density at radius 3 is 2.56 bits per heavy atom. The number of carbonyl (C=O) groups is 4. The second-order valence-electron chi connectivity index (χ2n) is 12.5. The highest BCUT2D eigenvalue weighted by Crippen LogP contribution is 2.70. The summed E-state index contributed by atoms with van der Waals surface area (Å²) in [5.74, 6) is -4.88. The van der Waals surface area contributed by atoms with E-state index in [2.05, 4.69) is 6.58 Å². The van der Waals surface area contributed by atoms with E-state index in [-0.39, 0.29) is 30.1 Å². The highest BCUT2D eigenvalue weighted by Gasteiger charge is 2.75. The van der Waals surface area contributed by atoms with Crippen molar-refractivity contribution in [2.75, 3.05) is 24.7 Å². The van der Waals surface area contributed by atoms with Crippen LogP contribution >= 0.6 is 0 Å². The highest BCUT2D eigenvalue weighted by atomic mass is 32.2. The minimum absolute atomic E-state index is 0.105. The molecule has 0 aromatic rings. The number of rotatable bonds is 9. The normalized spacial score (nSPS) is 40.0. The predicted molar refractivity (Wildman–Crippen MR) is 147 cm³/mol. The molecule has 4 aliphatic rings. The summed E-state index contributed by atoms with van der Waals surface area (Å²) in [4.78, 5) is 49.2. The van der Waals surface area contributed by atoms with Crippen LogP contribution in [0.3, 0.4) is 0 Å². The van der Waals surface area contributed by atoms with Crippen LogP contribution in [0, 0.1) is 28.6 Å². The van der Waals surface area contributed by atoms with Gasteiger partial charge in [-0.3, -0.25) is 18.6 Å². The fraction of sp³-hybridized carbons (Fsp3) is 0.667. The Morgan fingerprint density at radius 1 is 1.22 bits per heavy atom. The van der Waals surface area contributed by atoms with Crippen molar-refractivity contribution in [3.63, 3.8) is 0 Å². The van der Waals surface area contributed by atoms with Crippen LogP contribution in [0.4, 0.5) is 4.39 Å². The molecule has 4 rings (SSSR count). The summed E-state index contributed by atoms with van der Waals surface area (Å²) in [6.45, 7) is 9.06. The molecule has 0 aromatic carbocycles. The van der Waals surface area contributed by atoms with Crippen molar-refractivity contribution in [1.82, 2.24) is 0 Å². The molecule has 3 fully saturated rings. The SMILES string of the molecule is C=C(C)C(=O)OCCS(=O)CC(=O)OCC(=O)[C@@]1(O)[C@H](C)CC2[C@@H]3CCC4=CC(=O)C=C[C@]4(C)[C@@]3(F)[C@@H](O)CC21C. The molecule has 0 bridgehead atoms. The van der Waals surface area contributed by atoms with Gasteiger partial charge >= 0.3 is 11.9 Å². The number of Topliss-reactive ketones (excluding diaryl/α,β-unsaturated/α-hetero) is 1. The van der Waals surface area contributed by atoms with Crippen LogP contribution in [0.5, 0.6) is 0 Å². The largest absolute Gasteiger partial charge is 0.461 e. The Hall–Kier alpha value is -2.50. The van der Waals surface area contributed by atoms with E-state index in [1.54, 1.807) is 26.8 Å². The summed E-state index contributed by atoms with van der Waals surface area (Å²) < 4.78 is 39.4. The van der Waals surface area contributed by atoms with Gasteiger partial charge in [-0.1, -0.05) is 32.1 Å². The van der Waals surface area contributed by atoms with Crippen molar-refractivity contribution in [1.29, 1.82) is 0 Å². The molecular weight excluding hydrogens is 555 g/mol. The predicted octanol–water partition coefficient (Wildman–Crippen LogP) is 2.31. The minimum Gasteiger partial charge on any atom is -0.461 e. The molecule has 0 aliphatic heterocycles. The second-order valence-corrected chi connectivity index (χ2v) is 14.0. The van der Waals surface area contributed by atoms with E-state index in [0.717, 1.165) is 0 Å². The molecule has 0 aromatic heterocycles. The third kappa shape index (κ3) is 4.87. The lowest BCUT2D eigenvalue weighted by atomic mass is 9.44. The summed E-state index contributed by atoms with van der Waals surface area (Å²) in [6.07, 6.45) is 3.77. The van der Waals surface area contributed by atoms with Crippen molar-refractivity contribution >= 4 is 34.3 Å². The molecule has 3 unspecified atom stereocenters. The van der Waals surface area contributed by atoms with Crippen LogP contribution in [0.15, 0.2) is 36.0 Å². The number of ketones is 2. The van der Waals surface area contributed by atoms with Gasteiger partial charge in [0, 0.05) is 33.1 Å². The molecule has 41 heavy (non-hydrogen) atoms. The first-order chi connectivity index (χ1) is 19.0. The van der Waals surface area contributed by atoms with Crippen LogP contribution < -0.4 is 0 Å². The molecule has 226 valence electrons. The third-order valence-corrected chi connectivity index (χ3v) is 11.4. The number of esters is 2. The summed E-state index contributed by atoms with van der Waals surface area (Å²) >= 11 is 0. The third-order valence-electron chi connectivity index (χ3n) is 10.2. The van der Waals surface area contributed by atoms with E-state index in [9.17, 15) is 33.6 Å². The van der Waals surface area contributed by atoms with Crippen molar-refractivity contribution in [2.24, 2.45) is 28.6 Å². The summed E-state index contributed by atoms with van der Waals surface area (Å²) in [6, 6.07) is 0. The Kier molecular flexibility index (Phi) is 8.41. The molecule has 0 spiro atoms. The van der Waals surface area contributed by atoms with Gasteiger partial charge in [-0.15, -0.1) is 0 Å². The highest BCUT2D eigenvalue weighted by molar-refractivity contribution is 7.85. The lowest BCUT2D eigenvalue weighted by Gasteiger charge is -2.62. The van der Waals surface area contributed by atoms with Gasteiger partial charge in [0.1, 0.15) is 18.0 Å². The number of fused-ring (bicyclic) bond motifs is 5. The standard InChI is InChI=1S/C30H39FO9S/c1-17(2)26(36)39-10-11-41(38)16-25(35)40-15-24(34)30(37)18(3)12-22-21-7-6-19-13-20(32)8-9-27(19,4)29(21,31)23(33)14-28(22,30)5/h8-9,13,18,21-23,33,37H,1,6-7,10-12,14-16H2,2-5H3/t18-,21+,22?,23+,27+,28?,29+,30+,41?/m1/s1. The van der Waals surface area contributed by atoms with Crippen LogP contribution in [-0.4, -0.2) is 80.0 Å². The Balaban J connectivity index is 1.45. The van der Waals surface area contributed by atoms with E-state index in [0.29, 0.717) is 24.8 Å². The Labute approximate surface area is 241 Å². The molecule has 9 atom stereocenters. The van der Waals surface area contributed by atoms with Crippen LogP contribution in [0.2, 0.25) is 0 Å². The maximum absolute atomic E-state index is 17.2. The smallest absolute Gasteiger partial charge is 0.333 e. The number of aliphatic hydroxyl groups is 2. The molecule has 0 amide bonds. The van der Waals surface area contributed by atoms with Gasteiger partial charge in [0.15, 0.2) is 18.1 Å². The fourth-order valence-electron chi connectivity index (χ4n) is 7.99. The summed E-state index contributed by atoms with van der Waals surface area (Å²) in [5.41, 5.74) is -5.65. The lowest BCUT2D eigenvalue weighted by Crippen LogP contribution is -2.69. The Morgan fingerprint density at radius 2 is 1.90 bits per heavy atom. The number of allylic oxidation sites excluding steroid dienone is 4. The van der Waals surface area contributed by atoms with E-state index in [1.807, 2.05) is 0 Å². The van der Waals surface area contributed by atoms with Gasteiger partial charge in [0.2, 0.25) is 5.78 Å². The first-order valence-corrected chi connectivity index (χ1v) is 15.4. The number of ether oxygens (including phenoxy) is 2. The molecule has 9 nitrogen and oxygen atoms in total. The molecule has 2 N–H and O–H groups in total. The zero-order valence-electron chi connectivity index (χ0n) is 23.9. The molecule has 0 saturated heterocycles. The van der Waals surface area contributed by atoms with Crippen LogP contribution in [-0.2, 0) is 39.5 Å². The van der Waals surface area contributed by atoms with Gasteiger partial charge < -0.3 is 19.7 Å². The number of carbonyl (C=O) groups excluding carboxylic acids is 4. The van der Waals surface area contributed by atoms with Crippen LogP contribution in [0.1, 0.15) is 53.4 Å². The zero-order valence-corrected chi connectivity index (χ0v) is 24.8. The number of halogens is 1. The molecule has 0 radical (unpaired) electrons. The van der Waals surface area contributed by atoms with E-state index >= 15 is 4.39 Å². The van der Waals surface area contributed by atoms with E-state index in [4.69, 9.17) is 9.47 Å². The van der Waals surface area contributed by atoms with Gasteiger partial charge in [-0.25, -0.2) is 9.18 Å². The fourth-order valence-corrected chi connectivity index (χ4v) is 8.75. The monoisotopic (exact) mass is 594 g/mol. The summed E-state index contributed by atoms with van der Waals surface area (Å²) in [7, 11) is -1.71. The van der Waals surface area contributed by atoms with Gasteiger partial charge in [-0.05, 0) is 63.5 Å². The Bertz CT molecular complexity index is 1260. The zero-order chi connectivity index (χ0) is 30.5. The number of hydrogen-bond acceptors (Lipinski definition) is 9. The molecular formula is C30H39FO9S. The maximum atomic E-state index is 17.2. The molecule has 11 heteroatoms. The van der Waals surface area contributed by atoms with Crippen molar-refractivity contribution < 1.29 is 47.5 Å². The molecule has 0 heterocycles. The number of alkyl halides is 1. The van der Waals surface area contributed by atoms with E-state index in [1.165, 1.54) is 19.1 Å². The van der Waals surface area contributed by atoms with Gasteiger partial charge in [0.05, 0.1) is 11.9 Å². The number of aliphatic hydroxyl groups excluding tert-OH is 1. The number of hydrogen-bond donors (Lipinski definition) is 2. The minimum atomic E-state index is -2.10. The topological polar surface area (TPSA) is 144 Å². The average molecular weight is 595 g/mol. The van der Waals surface area contributed by atoms with Gasteiger partial charge in [-0.2, -0.15) is 0 Å². The molecule has 4 aliphatic carbocycles. The van der Waals surface area contributed by atoms with Crippen molar-refractivity contribution in [3.8, 4) is 0 Å². The second kappa shape index (κ2) is 11.0. The maximum Gasteiger partial charge on any atom is 0.333 e. The van der Waals surface area contributed by atoms with E-state index < -0.39 is 86.8 Å². The van der Waals surface area contributed by atoms with Crippen LogP contribution in [0.25, 0.3) is 0 Å². The average Bonchev–Trinajstić information content (AvgIpc) is 3.09. The van der Waals surface area contributed by atoms with Crippen molar-refractivity contribution in [3.05, 3.63) is 36.0 Å². The van der Waals surface area contributed by atoms with Gasteiger partial charge in [0.25, 0.3) is 0 Å². The summed E-state index contributed by atoms with van der Waals surface area (Å²) in [5, 5.41) is 23.4. The quantitative estimate of drug-likeness (QED) is 0.304. The lowest BCUT2D eigenvalue weighted by molar-refractivity contribution is -0.219.